The van der Waals surface area contributed by atoms with Crippen LogP contribution in [0.15, 0.2) is 36.7 Å². The molecule has 0 aliphatic carbocycles. The van der Waals surface area contributed by atoms with Gasteiger partial charge in [-0.25, -0.2) is 9.18 Å². The Hall–Kier alpha value is -2.43. The molecule has 0 aliphatic rings. The first-order valence-corrected chi connectivity index (χ1v) is 5.14. The Bertz CT molecular complexity index is 599. The molecule has 0 aliphatic heterocycles. The van der Waals surface area contributed by atoms with E-state index in [4.69, 9.17) is 4.74 Å². The maximum Gasteiger partial charge on any atom is 0.340 e. The summed E-state index contributed by atoms with van der Waals surface area (Å²) in [7, 11) is 1.36. The second-order valence-electron chi connectivity index (χ2n) is 3.58. The fourth-order valence-corrected chi connectivity index (χ4v) is 1.69. The van der Waals surface area contributed by atoms with Gasteiger partial charge in [-0.1, -0.05) is 12.1 Å². The number of benzene rings is 1. The number of rotatable bonds is 3. The van der Waals surface area contributed by atoms with Gasteiger partial charge in [0.25, 0.3) is 0 Å². The van der Waals surface area contributed by atoms with Crippen molar-refractivity contribution in [3.8, 4) is 16.9 Å². The Morgan fingerprint density at radius 1 is 1.39 bits per heavy atom. The van der Waals surface area contributed by atoms with E-state index in [-0.39, 0.29) is 11.3 Å². The lowest BCUT2D eigenvalue weighted by Gasteiger charge is -2.09. The van der Waals surface area contributed by atoms with E-state index in [2.05, 4.69) is 4.98 Å². The zero-order chi connectivity index (χ0) is 13.1. The van der Waals surface area contributed by atoms with Gasteiger partial charge < -0.3 is 9.84 Å². The van der Waals surface area contributed by atoms with Crippen LogP contribution in [-0.4, -0.2) is 23.2 Å². The van der Waals surface area contributed by atoms with Crippen molar-refractivity contribution in [3.05, 3.63) is 48.0 Å². The molecule has 0 saturated heterocycles. The molecule has 2 aromatic rings. The van der Waals surface area contributed by atoms with Crippen LogP contribution in [0.25, 0.3) is 11.1 Å². The summed E-state index contributed by atoms with van der Waals surface area (Å²) in [6.07, 6.45) is 2.69. The van der Waals surface area contributed by atoms with Gasteiger partial charge in [-0.2, -0.15) is 0 Å². The van der Waals surface area contributed by atoms with E-state index in [1.54, 1.807) is 6.07 Å². The van der Waals surface area contributed by atoms with E-state index in [0.29, 0.717) is 11.1 Å². The highest BCUT2D eigenvalue weighted by atomic mass is 19.1. The summed E-state index contributed by atoms with van der Waals surface area (Å²) in [6.45, 7) is 0. The lowest BCUT2D eigenvalue weighted by atomic mass is 10.0. The first-order valence-electron chi connectivity index (χ1n) is 5.14. The van der Waals surface area contributed by atoms with Crippen LogP contribution < -0.4 is 4.74 Å². The molecular formula is C13H10FNO3. The molecule has 1 N–H and O–H groups in total. The molecule has 0 unspecified atom stereocenters. The molecule has 0 fully saturated rings. The van der Waals surface area contributed by atoms with E-state index in [1.807, 2.05) is 0 Å². The molecule has 1 aromatic heterocycles. The third-order valence-electron chi connectivity index (χ3n) is 2.48. The van der Waals surface area contributed by atoms with Crippen molar-refractivity contribution in [2.45, 2.75) is 0 Å². The van der Waals surface area contributed by atoms with Crippen molar-refractivity contribution in [1.29, 1.82) is 0 Å². The van der Waals surface area contributed by atoms with Crippen LogP contribution in [-0.2, 0) is 0 Å². The number of hydrogen-bond acceptors (Lipinski definition) is 3. The van der Waals surface area contributed by atoms with Gasteiger partial charge >= 0.3 is 5.97 Å². The number of methoxy groups -OCH3 is 1. The number of nitrogens with zero attached hydrogens (tertiary/aromatic N) is 1. The van der Waals surface area contributed by atoms with E-state index >= 15 is 0 Å². The summed E-state index contributed by atoms with van der Waals surface area (Å²) in [4.78, 5) is 15.2. The van der Waals surface area contributed by atoms with E-state index < -0.39 is 11.8 Å². The Kier molecular flexibility index (Phi) is 3.23. The average molecular weight is 247 g/mol. The maximum absolute atomic E-state index is 13.2. The van der Waals surface area contributed by atoms with Crippen LogP contribution in [0, 0.1) is 5.82 Å². The largest absolute Gasteiger partial charge is 0.494 e. The number of carbonyl (C=O) groups is 1. The van der Waals surface area contributed by atoms with Gasteiger partial charge in [-0.05, 0) is 17.7 Å². The summed E-state index contributed by atoms with van der Waals surface area (Å²) in [5.74, 6) is -1.44. The number of ether oxygens (including phenoxy) is 1. The molecule has 1 heterocycles. The van der Waals surface area contributed by atoms with Crippen LogP contribution in [0.4, 0.5) is 4.39 Å². The van der Waals surface area contributed by atoms with Gasteiger partial charge in [0.2, 0.25) is 0 Å². The van der Waals surface area contributed by atoms with Crippen molar-refractivity contribution in [1.82, 2.24) is 4.98 Å². The van der Waals surface area contributed by atoms with Crippen LogP contribution >= 0.6 is 0 Å². The van der Waals surface area contributed by atoms with Crippen LogP contribution in [0.2, 0.25) is 0 Å². The Labute approximate surface area is 103 Å². The third kappa shape index (κ3) is 2.15. The molecule has 92 valence electrons. The number of aromatic nitrogens is 1. The quantitative estimate of drug-likeness (QED) is 0.905. The highest BCUT2D eigenvalue weighted by Crippen LogP contribution is 2.29. The zero-order valence-electron chi connectivity index (χ0n) is 9.55. The summed E-state index contributed by atoms with van der Waals surface area (Å²) in [5.41, 5.74) is 0.734. The monoisotopic (exact) mass is 247 g/mol. The number of carboxylic acids is 1. The molecule has 0 saturated carbocycles. The molecule has 1 aromatic carbocycles. The van der Waals surface area contributed by atoms with Gasteiger partial charge in [0.1, 0.15) is 11.4 Å². The summed E-state index contributed by atoms with van der Waals surface area (Å²) >= 11 is 0. The molecule has 0 bridgehead atoms. The number of hydrogen-bond donors (Lipinski definition) is 1. The van der Waals surface area contributed by atoms with Crippen molar-refractivity contribution in [2.75, 3.05) is 7.11 Å². The second-order valence-corrected chi connectivity index (χ2v) is 3.58. The standard InChI is InChI=1S/C13H10FNO3/c1-18-11-7-15-6-10(12(11)13(16)17)8-3-2-4-9(14)5-8/h2-7H,1H3,(H,16,17). The SMILES string of the molecule is COc1cncc(-c2cccc(F)c2)c1C(=O)O. The Balaban J connectivity index is 2.67. The van der Waals surface area contributed by atoms with Crippen molar-refractivity contribution < 1.29 is 19.0 Å². The highest BCUT2D eigenvalue weighted by Gasteiger charge is 2.18. The number of carboxylic acid groups (broad SMARTS) is 1. The Morgan fingerprint density at radius 2 is 2.17 bits per heavy atom. The topological polar surface area (TPSA) is 59.4 Å². The number of halogens is 1. The predicted octanol–water partition coefficient (Wildman–Crippen LogP) is 2.59. The summed E-state index contributed by atoms with van der Waals surface area (Å²) < 4.78 is 18.1. The molecular weight excluding hydrogens is 237 g/mol. The molecule has 5 heteroatoms. The minimum Gasteiger partial charge on any atom is -0.494 e. The van der Waals surface area contributed by atoms with Crippen molar-refractivity contribution in [3.63, 3.8) is 0 Å². The van der Waals surface area contributed by atoms with E-state index in [1.165, 1.54) is 37.7 Å². The number of aromatic carboxylic acids is 1. The molecule has 0 radical (unpaired) electrons. The minimum absolute atomic E-state index is 0.0295. The molecule has 0 atom stereocenters. The molecule has 4 nitrogen and oxygen atoms in total. The third-order valence-corrected chi connectivity index (χ3v) is 2.48. The smallest absolute Gasteiger partial charge is 0.340 e. The lowest BCUT2D eigenvalue weighted by Crippen LogP contribution is -2.04. The molecule has 18 heavy (non-hydrogen) atoms. The highest BCUT2D eigenvalue weighted by molar-refractivity contribution is 5.98. The number of pyridine rings is 1. The summed E-state index contributed by atoms with van der Waals surface area (Å²) in [6, 6.07) is 5.67. The lowest BCUT2D eigenvalue weighted by molar-refractivity contribution is 0.0694. The fourth-order valence-electron chi connectivity index (χ4n) is 1.69. The van der Waals surface area contributed by atoms with Gasteiger partial charge in [0, 0.05) is 11.8 Å². The molecule has 0 amide bonds. The van der Waals surface area contributed by atoms with Crippen molar-refractivity contribution >= 4 is 5.97 Å². The first-order chi connectivity index (χ1) is 8.63. The molecule has 2 rings (SSSR count). The zero-order valence-corrected chi connectivity index (χ0v) is 9.55. The van der Waals surface area contributed by atoms with Gasteiger partial charge in [-0.15, -0.1) is 0 Å². The first kappa shape index (κ1) is 12.0. The Morgan fingerprint density at radius 3 is 2.78 bits per heavy atom. The minimum atomic E-state index is -1.14. The van der Waals surface area contributed by atoms with Gasteiger partial charge in [0.05, 0.1) is 13.3 Å². The normalized spacial score (nSPS) is 10.1. The predicted molar refractivity (Wildman–Crippen MR) is 63.1 cm³/mol. The van der Waals surface area contributed by atoms with Crippen LogP contribution in [0.1, 0.15) is 10.4 Å². The van der Waals surface area contributed by atoms with Gasteiger partial charge in [0.15, 0.2) is 5.75 Å². The van der Waals surface area contributed by atoms with E-state index in [9.17, 15) is 14.3 Å². The van der Waals surface area contributed by atoms with E-state index in [0.717, 1.165) is 0 Å². The fraction of sp³-hybridized carbons (Fsp3) is 0.0769. The maximum atomic E-state index is 13.2. The average Bonchev–Trinajstić information content (AvgIpc) is 2.37. The van der Waals surface area contributed by atoms with Gasteiger partial charge in [-0.3, -0.25) is 4.98 Å². The van der Waals surface area contributed by atoms with Crippen LogP contribution in [0.3, 0.4) is 0 Å². The summed E-state index contributed by atoms with van der Waals surface area (Å²) in [5, 5.41) is 9.21. The second kappa shape index (κ2) is 4.83. The van der Waals surface area contributed by atoms with Crippen molar-refractivity contribution in [2.24, 2.45) is 0 Å². The van der Waals surface area contributed by atoms with Crippen LogP contribution in [0.5, 0.6) is 5.75 Å². The molecule has 0 spiro atoms.